The van der Waals surface area contributed by atoms with Gasteiger partial charge in [0.25, 0.3) is 0 Å². The van der Waals surface area contributed by atoms with E-state index in [2.05, 4.69) is 9.71 Å². The maximum absolute atomic E-state index is 11.4. The smallest absolute Gasteiger partial charge is 0.229 e. The monoisotopic (exact) mass is 270 g/mol. The minimum atomic E-state index is -3.40. The summed E-state index contributed by atoms with van der Waals surface area (Å²) < 4.78 is 35.7. The van der Waals surface area contributed by atoms with E-state index in [0.29, 0.717) is 36.0 Å². The zero-order valence-corrected chi connectivity index (χ0v) is 11.0. The van der Waals surface area contributed by atoms with Crippen LogP contribution in [0.15, 0.2) is 23.2 Å². The summed E-state index contributed by atoms with van der Waals surface area (Å²) >= 11 is 0. The maximum atomic E-state index is 11.4. The minimum absolute atomic E-state index is 0.350. The van der Waals surface area contributed by atoms with Crippen molar-refractivity contribution in [3.05, 3.63) is 23.8 Å². The van der Waals surface area contributed by atoms with E-state index in [9.17, 15) is 8.42 Å². The summed E-state index contributed by atoms with van der Waals surface area (Å²) in [4.78, 5) is 4.18. The Balaban J connectivity index is 2.51. The van der Waals surface area contributed by atoms with Gasteiger partial charge in [-0.15, -0.1) is 0 Å². The highest BCUT2D eigenvalue weighted by Gasteiger charge is 2.19. The van der Waals surface area contributed by atoms with E-state index in [1.54, 1.807) is 18.2 Å². The number of aliphatic imine (C=N–C) groups is 1. The van der Waals surface area contributed by atoms with Crippen LogP contribution < -0.4 is 9.46 Å². The molecule has 18 heavy (non-hydrogen) atoms. The predicted molar refractivity (Wildman–Crippen MR) is 68.8 cm³/mol. The lowest BCUT2D eigenvalue weighted by Crippen LogP contribution is -2.14. The number of methoxy groups -OCH3 is 1. The molecule has 0 aromatic heterocycles. The summed E-state index contributed by atoms with van der Waals surface area (Å²) in [6.45, 7) is 1.08. The quantitative estimate of drug-likeness (QED) is 0.879. The van der Waals surface area contributed by atoms with Crippen molar-refractivity contribution >= 4 is 21.6 Å². The molecular formula is C11H14N2O4S. The van der Waals surface area contributed by atoms with Crippen LogP contribution in [0.5, 0.6) is 5.75 Å². The molecule has 0 saturated heterocycles. The van der Waals surface area contributed by atoms with E-state index in [-0.39, 0.29) is 0 Å². The fraction of sp³-hybridized carbons (Fsp3) is 0.364. The van der Waals surface area contributed by atoms with Gasteiger partial charge in [0.05, 0.1) is 25.5 Å². The molecule has 0 spiro atoms. The molecule has 7 heteroatoms. The number of rotatable bonds is 4. The van der Waals surface area contributed by atoms with Crippen molar-refractivity contribution in [2.24, 2.45) is 4.99 Å². The molecule has 98 valence electrons. The molecule has 0 aliphatic carbocycles. The van der Waals surface area contributed by atoms with Crippen molar-refractivity contribution in [1.82, 2.24) is 0 Å². The number of hydrogen-bond acceptors (Lipinski definition) is 5. The first-order chi connectivity index (χ1) is 8.51. The summed E-state index contributed by atoms with van der Waals surface area (Å²) in [5.41, 5.74) is 0.931. The first kappa shape index (κ1) is 12.7. The number of nitrogens with zero attached hydrogens (tertiary/aromatic N) is 1. The molecule has 1 aromatic carbocycles. The highest BCUT2D eigenvalue weighted by Crippen LogP contribution is 2.30. The summed E-state index contributed by atoms with van der Waals surface area (Å²) in [5.74, 6) is 0.858. The zero-order valence-electron chi connectivity index (χ0n) is 10.1. The third kappa shape index (κ3) is 2.73. The van der Waals surface area contributed by atoms with E-state index in [1.807, 2.05) is 0 Å². The lowest BCUT2D eigenvalue weighted by Gasteiger charge is -2.14. The van der Waals surface area contributed by atoms with Crippen LogP contribution in [-0.2, 0) is 14.8 Å². The van der Waals surface area contributed by atoms with Gasteiger partial charge in [0.15, 0.2) is 0 Å². The van der Waals surface area contributed by atoms with Crippen LogP contribution in [0.2, 0.25) is 0 Å². The molecule has 1 heterocycles. The van der Waals surface area contributed by atoms with Crippen molar-refractivity contribution in [3.8, 4) is 5.75 Å². The van der Waals surface area contributed by atoms with Gasteiger partial charge in [0.1, 0.15) is 18.0 Å². The Morgan fingerprint density at radius 2 is 2.22 bits per heavy atom. The Morgan fingerprint density at radius 1 is 1.44 bits per heavy atom. The minimum Gasteiger partial charge on any atom is -0.495 e. The predicted octanol–water partition coefficient (Wildman–Crippen LogP) is 0.843. The molecule has 2 rings (SSSR count). The van der Waals surface area contributed by atoms with Gasteiger partial charge >= 0.3 is 0 Å². The number of ether oxygens (including phenoxy) is 2. The van der Waals surface area contributed by atoms with Crippen molar-refractivity contribution in [1.29, 1.82) is 0 Å². The molecule has 1 aliphatic heterocycles. The molecule has 0 radical (unpaired) electrons. The number of anilines is 1. The Bertz CT molecular complexity index is 581. The van der Waals surface area contributed by atoms with Crippen LogP contribution in [0.3, 0.4) is 0 Å². The molecule has 0 fully saturated rings. The second-order valence-corrected chi connectivity index (χ2v) is 5.54. The molecule has 0 bridgehead atoms. The largest absolute Gasteiger partial charge is 0.495 e. The van der Waals surface area contributed by atoms with Gasteiger partial charge in [-0.25, -0.2) is 13.4 Å². The van der Waals surface area contributed by atoms with Crippen LogP contribution in [0, 0.1) is 0 Å². The number of sulfonamides is 1. The average molecular weight is 270 g/mol. The van der Waals surface area contributed by atoms with Crippen molar-refractivity contribution in [3.63, 3.8) is 0 Å². The van der Waals surface area contributed by atoms with E-state index >= 15 is 0 Å². The lowest BCUT2D eigenvalue weighted by atomic mass is 10.1. The Morgan fingerprint density at radius 3 is 2.78 bits per heavy atom. The van der Waals surface area contributed by atoms with Crippen LogP contribution in [-0.4, -0.2) is 40.8 Å². The number of benzene rings is 1. The van der Waals surface area contributed by atoms with E-state index in [4.69, 9.17) is 9.47 Å². The molecule has 6 nitrogen and oxygen atoms in total. The topological polar surface area (TPSA) is 77.0 Å². The maximum Gasteiger partial charge on any atom is 0.229 e. The second kappa shape index (κ2) is 4.85. The average Bonchev–Trinajstić information content (AvgIpc) is 2.80. The van der Waals surface area contributed by atoms with E-state index in [1.165, 1.54) is 7.11 Å². The van der Waals surface area contributed by atoms with Crippen molar-refractivity contribution in [2.75, 3.05) is 31.2 Å². The van der Waals surface area contributed by atoms with Gasteiger partial charge in [-0.2, -0.15) is 0 Å². The summed E-state index contributed by atoms with van der Waals surface area (Å²) in [6.07, 6.45) is 1.08. The van der Waals surface area contributed by atoms with Gasteiger partial charge in [-0.3, -0.25) is 4.72 Å². The van der Waals surface area contributed by atoms with Crippen molar-refractivity contribution in [2.45, 2.75) is 0 Å². The fourth-order valence-electron chi connectivity index (χ4n) is 1.67. The highest BCUT2D eigenvalue weighted by molar-refractivity contribution is 7.92. The van der Waals surface area contributed by atoms with Crippen LogP contribution >= 0.6 is 0 Å². The van der Waals surface area contributed by atoms with Gasteiger partial charge in [-0.05, 0) is 12.1 Å². The SMILES string of the molecule is COc1cccc(C2=NCCO2)c1NS(C)(=O)=O. The zero-order chi connectivity index (χ0) is 13.2. The summed E-state index contributed by atoms with van der Waals surface area (Å²) in [7, 11) is -1.93. The van der Waals surface area contributed by atoms with Gasteiger partial charge in [0, 0.05) is 0 Å². The van der Waals surface area contributed by atoms with Gasteiger partial charge in [-0.1, -0.05) is 6.07 Å². The van der Waals surface area contributed by atoms with E-state index in [0.717, 1.165) is 6.26 Å². The molecule has 0 atom stereocenters. The Labute approximate surface area is 106 Å². The number of para-hydroxylation sites is 1. The first-order valence-electron chi connectivity index (χ1n) is 5.33. The molecule has 1 aromatic rings. The number of nitrogens with one attached hydrogen (secondary N) is 1. The fourth-order valence-corrected chi connectivity index (χ4v) is 2.25. The molecular weight excluding hydrogens is 256 g/mol. The molecule has 0 saturated carbocycles. The normalized spacial score (nSPS) is 14.9. The summed E-state index contributed by atoms with van der Waals surface area (Å²) in [5, 5.41) is 0. The molecule has 1 aliphatic rings. The Hall–Kier alpha value is -1.76. The van der Waals surface area contributed by atoms with E-state index < -0.39 is 10.0 Å². The number of hydrogen-bond donors (Lipinski definition) is 1. The summed E-state index contributed by atoms with van der Waals surface area (Å²) in [6, 6.07) is 5.17. The highest BCUT2D eigenvalue weighted by atomic mass is 32.2. The van der Waals surface area contributed by atoms with Crippen LogP contribution in [0.25, 0.3) is 0 Å². The second-order valence-electron chi connectivity index (χ2n) is 3.79. The molecule has 1 N–H and O–H groups in total. The third-order valence-corrected chi connectivity index (χ3v) is 2.92. The van der Waals surface area contributed by atoms with Gasteiger partial charge in [0.2, 0.25) is 15.9 Å². The van der Waals surface area contributed by atoms with Crippen molar-refractivity contribution < 1.29 is 17.9 Å². The van der Waals surface area contributed by atoms with Gasteiger partial charge < -0.3 is 9.47 Å². The third-order valence-electron chi connectivity index (χ3n) is 2.35. The van der Waals surface area contributed by atoms with Crippen LogP contribution in [0.4, 0.5) is 5.69 Å². The molecule has 0 amide bonds. The lowest BCUT2D eigenvalue weighted by molar-refractivity contribution is 0.348. The molecule has 0 unspecified atom stereocenters. The first-order valence-corrected chi connectivity index (χ1v) is 7.23. The standard InChI is InChI=1S/C11H14N2O4S/c1-16-9-5-3-4-8(11-12-6-7-17-11)10(9)13-18(2,14)15/h3-5,13H,6-7H2,1-2H3. The van der Waals surface area contributed by atoms with Crippen LogP contribution in [0.1, 0.15) is 5.56 Å². The Kier molecular flexibility index (Phi) is 3.42.